The molecule has 3 rings (SSSR count). The van der Waals surface area contributed by atoms with Crippen LogP contribution in [0.25, 0.3) is 0 Å². The Kier molecular flexibility index (Phi) is 6.88. The van der Waals surface area contributed by atoms with Crippen LogP contribution >= 0.6 is 11.6 Å². The van der Waals surface area contributed by atoms with Crippen LogP contribution in [0.1, 0.15) is 35.8 Å². The van der Waals surface area contributed by atoms with Gasteiger partial charge < -0.3 is 9.64 Å². The van der Waals surface area contributed by atoms with E-state index in [0.29, 0.717) is 18.7 Å². The molecular formula is C21H22ClF3N2O3. The van der Waals surface area contributed by atoms with Crippen molar-refractivity contribution < 1.29 is 27.4 Å². The molecule has 1 aliphatic rings. The summed E-state index contributed by atoms with van der Waals surface area (Å²) in [4.78, 5) is 19.1. The number of ether oxygens (including phenoxy) is 2. The molecule has 9 heteroatoms. The number of carbonyl (C=O) groups excluding carboxylic acids is 1. The second-order valence-electron chi connectivity index (χ2n) is 7.36. The van der Waals surface area contributed by atoms with Gasteiger partial charge in [0.2, 0.25) is 0 Å². The SMILES string of the molecule is CC1(c2ccccn2)CCN(C(=O)c2ccc(OCCOC(F)(F)F)c(Cl)c2)CC1. The first kappa shape index (κ1) is 22.4. The Morgan fingerprint density at radius 1 is 1.20 bits per heavy atom. The van der Waals surface area contributed by atoms with Crippen molar-refractivity contribution in [2.45, 2.75) is 31.5 Å². The van der Waals surface area contributed by atoms with Crippen LogP contribution in [-0.2, 0) is 10.2 Å². The lowest BCUT2D eigenvalue weighted by molar-refractivity contribution is -0.325. The zero-order valence-electron chi connectivity index (χ0n) is 16.4. The molecule has 1 amide bonds. The molecule has 2 aromatic rings. The number of pyridine rings is 1. The zero-order valence-corrected chi connectivity index (χ0v) is 17.2. The molecule has 162 valence electrons. The molecule has 1 aliphatic heterocycles. The summed E-state index contributed by atoms with van der Waals surface area (Å²) in [7, 11) is 0. The van der Waals surface area contributed by atoms with E-state index in [1.54, 1.807) is 17.2 Å². The fraction of sp³-hybridized carbons (Fsp3) is 0.429. The lowest BCUT2D eigenvalue weighted by atomic mass is 9.77. The third-order valence-electron chi connectivity index (χ3n) is 5.22. The van der Waals surface area contributed by atoms with Crippen LogP contribution in [0.4, 0.5) is 13.2 Å². The predicted molar refractivity (Wildman–Crippen MR) is 106 cm³/mol. The standard InChI is InChI=1S/C21H22ClF3N2O3/c1-20(18-4-2-3-9-26-18)7-10-27(11-8-20)19(28)15-5-6-17(16(22)14-15)29-12-13-30-21(23,24)25/h2-6,9,14H,7-8,10-13H2,1H3. The van der Waals surface area contributed by atoms with Gasteiger partial charge in [0.25, 0.3) is 5.91 Å². The van der Waals surface area contributed by atoms with Gasteiger partial charge in [-0.25, -0.2) is 0 Å². The van der Waals surface area contributed by atoms with Crippen molar-refractivity contribution in [3.05, 3.63) is 58.9 Å². The summed E-state index contributed by atoms with van der Waals surface area (Å²) >= 11 is 6.14. The summed E-state index contributed by atoms with van der Waals surface area (Å²) in [5.74, 6) is 0.0484. The molecule has 5 nitrogen and oxygen atoms in total. The number of rotatable bonds is 6. The van der Waals surface area contributed by atoms with Gasteiger partial charge in [-0.05, 0) is 43.2 Å². The summed E-state index contributed by atoms with van der Waals surface area (Å²) in [5, 5.41) is 0.156. The number of hydrogen-bond acceptors (Lipinski definition) is 4. The van der Waals surface area contributed by atoms with Crippen LogP contribution in [-0.4, -0.2) is 48.5 Å². The molecule has 1 aromatic heterocycles. The summed E-state index contributed by atoms with van der Waals surface area (Å²) < 4.78 is 44.8. The van der Waals surface area contributed by atoms with Crippen molar-refractivity contribution in [2.24, 2.45) is 0 Å². The van der Waals surface area contributed by atoms with Gasteiger partial charge in [-0.15, -0.1) is 13.2 Å². The van der Waals surface area contributed by atoms with Crippen molar-refractivity contribution in [2.75, 3.05) is 26.3 Å². The molecule has 0 unspecified atom stereocenters. The summed E-state index contributed by atoms with van der Waals surface area (Å²) in [6, 6.07) is 10.4. The molecule has 2 heterocycles. The normalized spacial score (nSPS) is 16.4. The smallest absolute Gasteiger partial charge is 0.490 e. The Balaban J connectivity index is 1.56. The number of likely N-dealkylation sites (tertiary alicyclic amines) is 1. The number of carbonyl (C=O) groups is 1. The van der Waals surface area contributed by atoms with Gasteiger partial charge in [0.15, 0.2) is 0 Å². The van der Waals surface area contributed by atoms with Crippen LogP contribution in [0.5, 0.6) is 5.75 Å². The molecule has 0 aliphatic carbocycles. The van der Waals surface area contributed by atoms with Gasteiger partial charge in [-0.1, -0.05) is 24.6 Å². The average molecular weight is 443 g/mol. The largest absolute Gasteiger partial charge is 0.522 e. The van der Waals surface area contributed by atoms with E-state index in [9.17, 15) is 18.0 Å². The molecule has 1 fully saturated rings. The highest BCUT2D eigenvalue weighted by atomic mass is 35.5. The summed E-state index contributed by atoms with van der Waals surface area (Å²) in [6.07, 6.45) is -1.34. The highest BCUT2D eigenvalue weighted by Gasteiger charge is 2.34. The summed E-state index contributed by atoms with van der Waals surface area (Å²) in [5.41, 5.74) is 1.35. The fourth-order valence-electron chi connectivity index (χ4n) is 3.42. The number of aromatic nitrogens is 1. The maximum absolute atomic E-state index is 12.8. The topological polar surface area (TPSA) is 51.7 Å². The van der Waals surface area contributed by atoms with E-state index < -0.39 is 13.0 Å². The first-order valence-corrected chi connectivity index (χ1v) is 9.90. The first-order valence-electron chi connectivity index (χ1n) is 9.52. The number of hydrogen-bond donors (Lipinski definition) is 0. The molecule has 30 heavy (non-hydrogen) atoms. The molecule has 0 bridgehead atoms. The van der Waals surface area contributed by atoms with Crippen molar-refractivity contribution in [1.29, 1.82) is 0 Å². The number of alkyl halides is 3. The van der Waals surface area contributed by atoms with Crippen molar-refractivity contribution in [3.8, 4) is 5.75 Å². The van der Waals surface area contributed by atoms with Gasteiger partial charge in [-0.3, -0.25) is 14.5 Å². The number of halogens is 4. The van der Waals surface area contributed by atoms with Crippen LogP contribution in [0.15, 0.2) is 42.6 Å². The van der Waals surface area contributed by atoms with Gasteiger partial charge in [-0.2, -0.15) is 0 Å². The average Bonchev–Trinajstić information content (AvgIpc) is 2.72. The van der Waals surface area contributed by atoms with E-state index in [1.165, 1.54) is 12.1 Å². The maximum Gasteiger partial charge on any atom is 0.522 e. The van der Waals surface area contributed by atoms with E-state index in [1.807, 2.05) is 18.2 Å². The second-order valence-corrected chi connectivity index (χ2v) is 7.76. The predicted octanol–water partition coefficient (Wildman–Crippen LogP) is 4.84. The Bertz CT molecular complexity index is 870. The maximum atomic E-state index is 12.8. The molecule has 0 saturated carbocycles. The van der Waals surface area contributed by atoms with Gasteiger partial charge in [0.05, 0.1) is 11.6 Å². The Hall–Kier alpha value is -2.32. The Morgan fingerprint density at radius 2 is 1.93 bits per heavy atom. The minimum atomic E-state index is -4.70. The highest BCUT2D eigenvalue weighted by molar-refractivity contribution is 6.32. The van der Waals surface area contributed by atoms with E-state index >= 15 is 0 Å². The minimum Gasteiger partial charge on any atom is -0.490 e. The number of piperidine rings is 1. The third kappa shape index (κ3) is 5.64. The number of amides is 1. The quantitative estimate of drug-likeness (QED) is 0.600. The van der Waals surface area contributed by atoms with E-state index in [0.717, 1.165) is 18.5 Å². The Labute approximate surface area is 177 Å². The fourth-order valence-corrected chi connectivity index (χ4v) is 3.66. The number of benzene rings is 1. The highest BCUT2D eigenvalue weighted by Crippen LogP contribution is 2.34. The lowest BCUT2D eigenvalue weighted by Crippen LogP contribution is -2.44. The molecule has 0 atom stereocenters. The monoisotopic (exact) mass is 442 g/mol. The third-order valence-corrected chi connectivity index (χ3v) is 5.52. The number of nitrogens with zero attached hydrogens (tertiary/aromatic N) is 2. The van der Waals surface area contributed by atoms with Crippen molar-refractivity contribution in [1.82, 2.24) is 9.88 Å². The van der Waals surface area contributed by atoms with E-state index in [-0.39, 0.29) is 28.7 Å². The lowest BCUT2D eigenvalue weighted by Gasteiger charge is -2.39. The minimum absolute atomic E-state index is 0.0775. The molecule has 0 radical (unpaired) electrons. The molecular weight excluding hydrogens is 421 g/mol. The molecule has 1 aromatic carbocycles. The molecule has 0 N–H and O–H groups in total. The summed E-state index contributed by atoms with van der Waals surface area (Å²) in [6.45, 7) is 2.38. The van der Waals surface area contributed by atoms with Crippen LogP contribution in [0.2, 0.25) is 5.02 Å². The van der Waals surface area contributed by atoms with Crippen LogP contribution < -0.4 is 4.74 Å². The zero-order chi connectivity index (χ0) is 21.8. The molecule has 0 spiro atoms. The second kappa shape index (κ2) is 9.22. The van der Waals surface area contributed by atoms with Crippen LogP contribution in [0.3, 0.4) is 0 Å². The van der Waals surface area contributed by atoms with E-state index in [4.69, 9.17) is 16.3 Å². The molecule has 1 saturated heterocycles. The van der Waals surface area contributed by atoms with Crippen molar-refractivity contribution >= 4 is 17.5 Å². The van der Waals surface area contributed by atoms with Gasteiger partial charge in [0.1, 0.15) is 12.4 Å². The van der Waals surface area contributed by atoms with Gasteiger partial charge in [0, 0.05) is 36.0 Å². The van der Waals surface area contributed by atoms with E-state index in [2.05, 4.69) is 16.6 Å². The van der Waals surface area contributed by atoms with Crippen molar-refractivity contribution in [3.63, 3.8) is 0 Å². The van der Waals surface area contributed by atoms with Gasteiger partial charge >= 0.3 is 6.36 Å². The van der Waals surface area contributed by atoms with Crippen LogP contribution in [0, 0.1) is 0 Å². The first-order chi connectivity index (χ1) is 14.2. The Morgan fingerprint density at radius 3 is 2.53 bits per heavy atom.